The summed E-state index contributed by atoms with van der Waals surface area (Å²) in [5.41, 5.74) is 3.63. The fourth-order valence-electron chi connectivity index (χ4n) is 3.57. The van der Waals surface area contributed by atoms with Crippen LogP contribution in [0.3, 0.4) is 0 Å². The molecule has 0 unspecified atom stereocenters. The molecular formula is C23H30N2O3. The minimum Gasteiger partial charge on any atom is -0.493 e. The van der Waals surface area contributed by atoms with Crippen LogP contribution < -0.4 is 9.47 Å². The summed E-state index contributed by atoms with van der Waals surface area (Å²) < 4.78 is 11.1. The number of carbonyl (C=O) groups is 1. The zero-order valence-corrected chi connectivity index (χ0v) is 17.1. The van der Waals surface area contributed by atoms with E-state index in [1.165, 1.54) is 16.7 Å². The molecule has 5 nitrogen and oxygen atoms in total. The molecule has 2 aromatic carbocycles. The van der Waals surface area contributed by atoms with Crippen LogP contribution in [0, 0.1) is 6.92 Å². The lowest BCUT2D eigenvalue weighted by Gasteiger charge is -2.23. The van der Waals surface area contributed by atoms with Crippen molar-refractivity contribution < 1.29 is 14.3 Å². The fourth-order valence-corrected chi connectivity index (χ4v) is 3.57. The number of benzene rings is 2. The maximum atomic E-state index is 12.6. The minimum atomic E-state index is 0.232. The number of aryl methyl sites for hydroxylation is 1. The molecule has 0 atom stereocenters. The van der Waals surface area contributed by atoms with Crippen molar-refractivity contribution in [2.45, 2.75) is 33.4 Å². The van der Waals surface area contributed by atoms with E-state index in [1.54, 1.807) is 7.11 Å². The van der Waals surface area contributed by atoms with Gasteiger partial charge in [-0.25, -0.2) is 0 Å². The summed E-state index contributed by atoms with van der Waals surface area (Å²) in [4.78, 5) is 16.9. The minimum absolute atomic E-state index is 0.232. The Balaban J connectivity index is 1.64. The zero-order valence-electron chi connectivity index (χ0n) is 17.1. The SMILES string of the molecule is CCOc1cc(CN2CCC(=O)N(Cc3ccccc3C)CC2)ccc1OC. The standard InChI is InChI=1S/C23H30N2O3/c1-4-28-22-15-19(9-10-21(22)27-3)16-24-12-11-23(26)25(14-13-24)17-20-8-6-5-7-18(20)2/h5-10,15H,4,11-14,16-17H2,1-3H3. The number of rotatable bonds is 7. The predicted octanol–water partition coefficient (Wildman–Crippen LogP) is 3.64. The maximum Gasteiger partial charge on any atom is 0.224 e. The van der Waals surface area contributed by atoms with Gasteiger partial charge in [0.25, 0.3) is 0 Å². The first kappa shape index (κ1) is 20.2. The van der Waals surface area contributed by atoms with Crippen LogP contribution in [-0.2, 0) is 17.9 Å². The second-order valence-electron chi connectivity index (χ2n) is 7.19. The van der Waals surface area contributed by atoms with Crippen molar-refractivity contribution in [2.75, 3.05) is 33.4 Å². The van der Waals surface area contributed by atoms with Gasteiger partial charge in [-0.05, 0) is 42.7 Å². The third kappa shape index (κ3) is 5.04. The van der Waals surface area contributed by atoms with Crippen molar-refractivity contribution in [1.29, 1.82) is 0 Å². The molecule has 1 amide bonds. The lowest BCUT2D eigenvalue weighted by molar-refractivity contribution is -0.130. The van der Waals surface area contributed by atoms with Gasteiger partial charge in [0.15, 0.2) is 11.5 Å². The van der Waals surface area contributed by atoms with Crippen LogP contribution in [0.15, 0.2) is 42.5 Å². The third-order valence-corrected chi connectivity index (χ3v) is 5.24. The molecule has 0 radical (unpaired) electrons. The first-order valence-corrected chi connectivity index (χ1v) is 9.95. The number of methoxy groups -OCH3 is 1. The lowest BCUT2D eigenvalue weighted by atomic mass is 10.1. The van der Waals surface area contributed by atoms with Crippen LogP contribution in [0.5, 0.6) is 11.5 Å². The topological polar surface area (TPSA) is 42.0 Å². The van der Waals surface area contributed by atoms with Crippen molar-refractivity contribution in [1.82, 2.24) is 9.80 Å². The Morgan fingerprint density at radius 1 is 1.00 bits per heavy atom. The number of carbonyl (C=O) groups excluding carboxylic acids is 1. The Hall–Kier alpha value is -2.53. The molecule has 0 bridgehead atoms. The lowest BCUT2D eigenvalue weighted by Crippen LogP contribution is -2.33. The Kier molecular flexibility index (Phi) is 6.93. The van der Waals surface area contributed by atoms with E-state index < -0.39 is 0 Å². The Bertz CT molecular complexity index is 806. The quantitative estimate of drug-likeness (QED) is 0.733. The molecule has 28 heavy (non-hydrogen) atoms. The smallest absolute Gasteiger partial charge is 0.224 e. The van der Waals surface area contributed by atoms with E-state index >= 15 is 0 Å². The van der Waals surface area contributed by atoms with Crippen LogP contribution in [0.1, 0.15) is 30.0 Å². The summed E-state index contributed by atoms with van der Waals surface area (Å²) in [5.74, 6) is 1.76. The van der Waals surface area contributed by atoms with Gasteiger partial charge < -0.3 is 14.4 Å². The normalized spacial score (nSPS) is 15.4. The monoisotopic (exact) mass is 382 g/mol. The van der Waals surface area contributed by atoms with E-state index in [-0.39, 0.29) is 5.91 Å². The average molecular weight is 383 g/mol. The van der Waals surface area contributed by atoms with Gasteiger partial charge in [-0.2, -0.15) is 0 Å². The van der Waals surface area contributed by atoms with Crippen LogP contribution in [0.4, 0.5) is 0 Å². The second kappa shape index (κ2) is 9.60. The van der Waals surface area contributed by atoms with E-state index in [2.05, 4.69) is 30.0 Å². The molecule has 1 saturated heterocycles. The summed E-state index contributed by atoms with van der Waals surface area (Å²) in [6, 6.07) is 14.3. The first-order valence-electron chi connectivity index (χ1n) is 9.95. The molecule has 0 spiro atoms. The number of amides is 1. The Morgan fingerprint density at radius 3 is 2.57 bits per heavy atom. The van der Waals surface area contributed by atoms with Crippen molar-refractivity contribution >= 4 is 5.91 Å². The number of hydrogen-bond acceptors (Lipinski definition) is 4. The average Bonchev–Trinajstić information content (AvgIpc) is 2.86. The summed E-state index contributed by atoms with van der Waals surface area (Å²) >= 11 is 0. The highest BCUT2D eigenvalue weighted by Gasteiger charge is 2.21. The molecule has 1 aliphatic rings. The van der Waals surface area contributed by atoms with Gasteiger partial charge in [-0.15, -0.1) is 0 Å². The van der Waals surface area contributed by atoms with E-state index in [0.29, 0.717) is 19.6 Å². The van der Waals surface area contributed by atoms with Crippen LogP contribution in [0.2, 0.25) is 0 Å². The van der Waals surface area contributed by atoms with Crippen molar-refractivity contribution in [2.24, 2.45) is 0 Å². The van der Waals surface area contributed by atoms with Crippen molar-refractivity contribution in [3.8, 4) is 11.5 Å². The molecule has 1 fully saturated rings. The molecule has 1 heterocycles. The molecule has 0 saturated carbocycles. The summed E-state index contributed by atoms with van der Waals surface area (Å²) in [7, 11) is 1.65. The summed E-state index contributed by atoms with van der Waals surface area (Å²) in [6.45, 7) is 8.56. The maximum absolute atomic E-state index is 12.6. The molecule has 0 aromatic heterocycles. The van der Waals surface area contributed by atoms with Crippen LogP contribution >= 0.6 is 0 Å². The van der Waals surface area contributed by atoms with Gasteiger partial charge >= 0.3 is 0 Å². The summed E-state index contributed by atoms with van der Waals surface area (Å²) in [6.07, 6.45) is 0.556. The number of ether oxygens (including phenoxy) is 2. The largest absolute Gasteiger partial charge is 0.493 e. The van der Waals surface area contributed by atoms with Gasteiger partial charge in [0.1, 0.15) is 0 Å². The van der Waals surface area contributed by atoms with Gasteiger partial charge in [-0.1, -0.05) is 30.3 Å². The Morgan fingerprint density at radius 2 is 1.82 bits per heavy atom. The molecule has 1 aliphatic heterocycles. The van der Waals surface area contributed by atoms with Crippen molar-refractivity contribution in [3.05, 3.63) is 59.2 Å². The molecule has 2 aromatic rings. The highest BCUT2D eigenvalue weighted by Crippen LogP contribution is 2.28. The fraction of sp³-hybridized carbons (Fsp3) is 0.435. The molecular weight excluding hydrogens is 352 g/mol. The zero-order chi connectivity index (χ0) is 19.9. The van der Waals surface area contributed by atoms with Crippen LogP contribution in [0.25, 0.3) is 0 Å². The number of hydrogen-bond donors (Lipinski definition) is 0. The van der Waals surface area contributed by atoms with Crippen molar-refractivity contribution in [3.63, 3.8) is 0 Å². The molecule has 0 aliphatic carbocycles. The van der Waals surface area contributed by atoms with E-state index in [4.69, 9.17) is 9.47 Å². The van der Waals surface area contributed by atoms with Gasteiger partial charge in [0, 0.05) is 39.1 Å². The van der Waals surface area contributed by atoms with Gasteiger partial charge in [0.2, 0.25) is 5.91 Å². The van der Waals surface area contributed by atoms with E-state index in [1.807, 2.05) is 36.1 Å². The second-order valence-corrected chi connectivity index (χ2v) is 7.19. The highest BCUT2D eigenvalue weighted by molar-refractivity contribution is 5.76. The van der Waals surface area contributed by atoms with E-state index in [9.17, 15) is 4.79 Å². The summed E-state index contributed by atoms with van der Waals surface area (Å²) in [5, 5.41) is 0. The van der Waals surface area contributed by atoms with Gasteiger partial charge in [0.05, 0.1) is 13.7 Å². The highest BCUT2D eigenvalue weighted by atomic mass is 16.5. The molecule has 150 valence electrons. The van der Waals surface area contributed by atoms with Gasteiger partial charge in [-0.3, -0.25) is 9.69 Å². The van der Waals surface area contributed by atoms with E-state index in [0.717, 1.165) is 37.7 Å². The third-order valence-electron chi connectivity index (χ3n) is 5.24. The molecule has 5 heteroatoms. The van der Waals surface area contributed by atoms with Crippen LogP contribution in [-0.4, -0.2) is 49.1 Å². The first-order chi connectivity index (χ1) is 13.6. The predicted molar refractivity (Wildman–Crippen MR) is 111 cm³/mol. The molecule has 3 rings (SSSR count). The number of nitrogens with zero attached hydrogens (tertiary/aromatic N) is 2. The molecule has 0 N–H and O–H groups in total. The Labute approximate surface area is 167 Å².